The number of anilines is 2. The first-order valence-electron chi connectivity index (χ1n) is 6.03. The summed E-state index contributed by atoms with van der Waals surface area (Å²) in [6, 6.07) is 0.288. The topological polar surface area (TPSA) is 80.4 Å². The number of nitrogens with zero attached hydrogens (tertiary/aromatic N) is 5. The van der Waals surface area contributed by atoms with Gasteiger partial charge in [0.2, 0.25) is 11.9 Å². The van der Waals surface area contributed by atoms with Gasteiger partial charge in [-0.25, -0.2) is 0 Å². The number of hydrogen-bond donors (Lipinski definition) is 1. The van der Waals surface area contributed by atoms with Crippen molar-refractivity contribution in [3.8, 4) is 6.01 Å². The van der Waals surface area contributed by atoms with Crippen LogP contribution in [0.15, 0.2) is 0 Å². The van der Waals surface area contributed by atoms with Gasteiger partial charge in [-0.1, -0.05) is 6.92 Å². The molecular weight excluding hydrogens is 232 g/mol. The number of nitrogen functional groups attached to an aromatic ring is 1. The zero-order valence-corrected chi connectivity index (χ0v) is 11.6. The van der Waals surface area contributed by atoms with Gasteiger partial charge >= 0.3 is 6.01 Å². The minimum Gasteiger partial charge on any atom is -0.463 e. The Balaban J connectivity index is 2.71. The quantitative estimate of drug-likeness (QED) is 0.746. The summed E-state index contributed by atoms with van der Waals surface area (Å²) in [5.74, 6) is 0.721. The molecule has 0 fully saturated rings. The molecule has 0 aliphatic rings. The number of nitrogens with two attached hydrogens (primary N) is 1. The Labute approximate surface area is 108 Å². The number of aromatic nitrogens is 3. The summed E-state index contributed by atoms with van der Waals surface area (Å²) in [5.41, 5.74) is 5.65. The van der Waals surface area contributed by atoms with Gasteiger partial charge in [-0.2, -0.15) is 15.0 Å². The van der Waals surface area contributed by atoms with Crippen molar-refractivity contribution in [3.63, 3.8) is 0 Å². The number of rotatable bonds is 7. The number of likely N-dealkylation sites (N-methyl/N-ethyl adjacent to an activating group) is 2. The Morgan fingerprint density at radius 1 is 1.11 bits per heavy atom. The van der Waals surface area contributed by atoms with Crippen LogP contribution in [0.2, 0.25) is 0 Å². The molecule has 1 aromatic rings. The van der Waals surface area contributed by atoms with E-state index in [0.717, 1.165) is 19.5 Å². The van der Waals surface area contributed by atoms with Crippen molar-refractivity contribution in [2.75, 3.05) is 51.5 Å². The lowest BCUT2D eigenvalue weighted by atomic mass is 10.5. The number of hydrogen-bond acceptors (Lipinski definition) is 7. The predicted octanol–water partition coefficient (Wildman–Crippen LogP) is 0.240. The van der Waals surface area contributed by atoms with Gasteiger partial charge in [0.25, 0.3) is 0 Å². The standard InChI is InChI=1S/C11H22N6O/c1-5-8-18-11-14-9(12)13-10(15-11)17(4)7-6-16(2)3/h5-8H2,1-4H3,(H2,12,13,14,15). The van der Waals surface area contributed by atoms with Gasteiger partial charge in [-0.15, -0.1) is 0 Å². The maximum atomic E-state index is 5.65. The lowest BCUT2D eigenvalue weighted by molar-refractivity contribution is 0.292. The van der Waals surface area contributed by atoms with E-state index in [1.54, 1.807) is 0 Å². The maximum absolute atomic E-state index is 5.65. The average molecular weight is 254 g/mol. The van der Waals surface area contributed by atoms with E-state index in [9.17, 15) is 0 Å². The molecular formula is C11H22N6O. The summed E-state index contributed by atoms with van der Waals surface area (Å²) in [6.07, 6.45) is 0.900. The van der Waals surface area contributed by atoms with Gasteiger partial charge in [0, 0.05) is 20.1 Å². The molecule has 0 spiro atoms. The fraction of sp³-hybridized carbons (Fsp3) is 0.727. The Bertz CT molecular complexity index is 371. The van der Waals surface area contributed by atoms with Crippen molar-refractivity contribution in [1.29, 1.82) is 0 Å². The van der Waals surface area contributed by atoms with Gasteiger partial charge in [0.15, 0.2) is 0 Å². The second-order valence-electron chi connectivity index (χ2n) is 4.35. The molecule has 1 aromatic heterocycles. The molecule has 0 atom stereocenters. The summed E-state index contributed by atoms with van der Waals surface area (Å²) >= 11 is 0. The van der Waals surface area contributed by atoms with E-state index in [1.807, 2.05) is 33.0 Å². The number of ether oxygens (including phenoxy) is 1. The van der Waals surface area contributed by atoms with Crippen LogP contribution in [0.4, 0.5) is 11.9 Å². The molecule has 1 heterocycles. The highest BCUT2D eigenvalue weighted by Gasteiger charge is 2.09. The van der Waals surface area contributed by atoms with E-state index in [1.165, 1.54) is 0 Å². The third kappa shape index (κ3) is 4.70. The minimum atomic E-state index is 0.183. The summed E-state index contributed by atoms with van der Waals surface area (Å²) < 4.78 is 5.37. The average Bonchev–Trinajstić information content (AvgIpc) is 2.32. The van der Waals surface area contributed by atoms with Crippen LogP contribution in [-0.4, -0.2) is 60.7 Å². The Kier molecular flexibility index (Phi) is 5.57. The molecule has 2 N–H and O–H groups in total. The molecule has 0 saturated heterocycles. The van der Waals surface area contributed by atoms with E-state index < -0.39 is 0 Å². The summed E-state index contributed by atoms with van der Waals surface area (Å²) in [6.45, 7) is 4.32. The van der Waals surface area contributed by atoms with Crippen LogP contribution in [0.3, 0.4) is 0 Å². The monoisotopic (exact) mass is 254 g/mol. The van der Waals surface area contributed by atoms with Gasteiger partial charge in [-0.3, -0.25) is 0 Å². The van der Waals surface area contributed by atoms with Crippen LogP contribution in [0, 0.1) is 0 Å². The summed E-state index contributed by atoms with van der Waals surface area (Å²) in [7, 11) is 5.96. The summed E-state index contributed by atoms with van der Waals surface area (Å²) in [4.78, 5) is 16.3. The first kappa shape index (κ1) is 14.4. The van der Waals surface area contributed by atoms with Crippen LogP contribution in [-0.2, 0) is 0 Å². The molecule has 1 rings (SSSR count). The van der Waals surface area contributed by atoms with E-state index in [0.29, 0.717) is 12.6 Å². The molecule has 0 amide bonds. The molecule has 0 unspecified atom stereocenters. The Morgan fingerprint density at radius 3 is 2.44 bits per heavy atom. The zero-order chi connectivity index (χ0) is 13.5. The highest BCUT2D eigenvalue weighted by Crippen LogP contribution is 2.12. The zero-order valence-electron chi connectivity index (χ0n) is 11.6. The van der Waals surface area contributed by atoms with E-state index in [2.05, 4.69) is 19.9 Å². The molecule has 7 heteroatoms. The van der Waals surface area contributed by atoms with Crippen molar-refractivity contribution < 1.29 is 4.74 Å². The minimum absolute atomic E-state index is 0.183. The molecule has 0 aromatic carbocycles. The first-order valence-corrected chi connectivity index (χ1v) is 6.03. The van der Waals surface area contributed by atoms with Crippen LogP contribution < -0.4 is 15.4 Å². The van der Waals surface area contributed by atoms with E-state index in [-0.39, 0.29) is 12.0 Å². The maximum Gasteiger partial charge on any atom is 0.323 e. The second kappa shape index (κ2) is 6.95. The third-order valence-corrected chi connectivity index (χ3v) is 2.28. The smallest absolute Gasteiger partial charge is 0.323 e. The fourth-order valence-electron chi connectivity index (χ4n) is 1.24. The lowest BCUT2D eigenvalue weighted by Gasteiger charge is -2.19. The van der Waals surface area contributed by atoms with Crippen molar-refractivity contribution >= 4 is 11.9 Å². The van der Waals surface area contributed by atoms with Gasteiger partial charge < -0.3 is 20.3 Å². The SMILES string of the molecule is CCCOc1nc(N)nc(N(C)CCN(C)C)n1. The normalized spacial score (nSPS) is 10.7. The molecule has 0 bridgehead atoms. The van der Waals surface area contributed by atoms with Gasteiger partial charge in [0.1, 0.15) is 0 Å². The Morgan fingerprint density at radius 2 is 1.83 bits per heavy atom. The molecule has 0 aliphatic heterocycles. The highest BCUT2D eigenvalue weighted by molar-refractivity contribution is 5.34. The van der Waals surface area contributed by atoms with Crippen molar-refractivity contribution in [2.45, 2.75) is 13.3 Å². The Hall–Kier alpha value is -1.63. The van der Waals surface area contributed by atoms with Crippen molar-refractivity contribution in [3.05, 3.63) is 0 Å². The molecule has 0 saturated carbocycles. The van der Waals surface area contributed by atoms with Crippen LogP contribution in [0.5, 0.6) is 6.01 Å². The fourth-order valence-corrected chi connectivity index (χ4v) is 1.24. The molecule has 7 nitrogen and oxygen atoms in total. The second-order valence-corrected chi connectivity index (χ2v) is 4.35. The van der Waals surface area contributed by atoms with Crippen LogP contribution in [0.1, 0.15) is 13.3 Å². The van der Waals surface area contributed by atoms with Crippen molar-refractivity contribution in [1.82, 2.24) is 19.9 Å². The van der Waals surface area contributed by atoms with Crippen molar-refractivity contribution in [2.24, 2.45) is 0 Å². The molecule has 102 valence electrons. The molecule has 0 aliphatic carbocycles. The van der Waals surface area contributed by atoms with Crippen LogP contribution in [0.25, 0.3) is 0 Å². The van der Waals surface area contributed by atoms with E-state index in [4.69, 9.17) is 10.5 Å². The third-order valence-electron chi connectivity index (χ3n) is 2.28. The first-order chi connectivity index (χ1) is 8.52. The van der Waals surface area contributed by atoms with Crippen LogP contribution >= 0.6 is 0 Å². The lowest BCUT2D eigenvalue weighted by Crippen LogP contribution is -2.30. The molecule has 18 heavy (non-hydrogen) atoms. The largest absolute Gasteiger partial charge is 0.463 e. The van der Waals surface area contributed by atoms with Gasteiger partial charge in [0.05, 0.1) is 6.61 Å². The highest BCUT2D eigenvalue weighted by atomic mass is 16.5. The summed E-state index contributed by atoms with van der Waals surface area (Å²) in [5, 5.41) is 0. The molecule has 0 radical (unpaired) electrons. The van der Waals surface area contributed by atoms with Gasteiger partial charge in [-0.05, 0) is 20.5 Å². The van der Waals surface area contributed by atoms with E-state index >= 15 is 0 Å². The predicted molar refractivity (Wildman–Crippen MR) is 71.8 cm³/mol.